The normalized spacial score (nSPS) is 12.4. The van der Waals surface area contributed by atoms with Gasteiger partial charge in [0.05, 0.1) is 19.3 Å². The lowest BCUT2D eigenvalue weighted by atomic mass is 10.2. The molecule has 0 saturated carbocycles. The van der Waals surface area contributed by atoms with Gasteiger partial charge >= 0.3 is 0 Å². The van der Waals surface area contributed by atoms with Crippen LogP contribution >= 0.6 is 0 Å². The van der Waals surface area contributed by atoms with Crippen LogP contribution in [0, 0.1) is 0 Å². The highest BCUT2D eigenvalue weighted by Gasteiger charge is 1.99. The molecular formula is C14H23NO2. The van der Waals surface area contributed by atoms with Crippen molar-refractivity contribution in [2.45, 2.75) is 32.8 Å². The summed E-state index contributed by atoms with van der Waals surface area (Å²) in [6, 6.07) is 8.21. The predicted molar refractivity (Wildman–Crippen MR) is 70.4 cm³/mol. The van der Waals surface area contributed by atoms with Crippen LogP contribution in [0.25, 0.3) is 0 Å². The molecule has 1 aromatic carbocycles. The Labute approximate surface area is 104 Å². The van der Waals surface area contributed by atoms with Gasteiger partial charge in [-0.3, -0.25) is 0 Å². The van der Waals surface area contributed by atoms with E-state index in [0.29, 0.717) is 19.8 Å². The van der Waals surface area contributed by atoms with E-state index >= 15 is 0 Å². The van der Waals surface area contributed by atoms with E-state index in [1.807, 2.05) is 19.1 Å². The molecule has 0 aliphatic heterocycles. The van der Waals surface area contributed by atoms with Crippen molar-refractivity contribution in [2.24, 2.45) is 5.73 Å². The zero-order valence-corrected chi connectivity index (χ0v) is 10.8. The van der Waals surface area contributed by atoms with Crippen molar-refractivity contribution < 1.29 is 9.47 Å². The molecule has 96 valence electrons. The van der Waals surface area contributed by atoms with Gasteiger partial charge in [-0.15, -0.1) is 0 Å². The highest BCUT2D eigenvalue weighted by atomic mass is 16.5. The highest BCUT2D eigenvalue weighted by molar-refractivity contribution is 5.28. The van der Waals surface area contributed by atoms with Gasteiger partial charge in [0.1, 0.15) is 5.75 Å². The van der Waals surface area contributed by atoms with Crippen LogP contribution in [-0.4, -0.2) is 25.9 Å². The monoisotopic (exact) mass is 237 g/mol. The molecule has 1 rings (SSSR count). The van der Waals surface area contributed by atoms with E-state index in [4.69, 9.17) is 15.2 Å². The van der Waals surface area contributed by atoms with E-state index < -0.39 is 0 Å². The van der Waals surface area contributed by atoms with Gasteiger partial charge in [0, 0.05) is 13.0 Å². The second kappa shape index (κ2) is 8.09. The fourth-order valence-corrected chi connectivity index (χ4v) is 1.46. The second-order valence-corrected chi connectivity index (χ2v) is 4.12. The van der Waals surface area contributed by atoms with Gasteiger partial charge in [0.25, 0.3) is 0 Å². The van der Waals surface area contributed by atoms with Crippen molar-refractivity contribution in [3.63, 3.8) is 0 Å². The van der Waals surface area contributed by atoms with Crippen LogP contribution in [0.15, 0.2) is 24.3 Å². The summed E-state index contributed by atoms with van der Waals surface area (Å²) in [6.45, 7) is 6.07. The maximum atomic E-state index is 5.65. The fourth-order valence-electron chi connectivity index (χ4n) is 1.46. The number of hydrogen-bond donors (Lipinski definition) is 1. The number of ether oxygens (including phenoxy) is 2. The average Bonchev–Trinajstić information content (AvgIpc) is 2.38. The third-order valence-corrected chi connectivity index (χ3v) is 2.60. The van der Waals surface area contributed by atoms with Crippen molar-refractivity contribution in [3.8, 4) is 5.75 Å². The maximum Gasteiger partial charge on any atom is 0.119 e. The molecule has 0 heterocycles. The Morgan fingerprint density at radius 1 is 1.29 bits per heavy atom. The number of rotatable bonds is 8. The van der Waals surface area contributed by atoms with Crippen LogP contribution in [0.4, 0.5) is 0 Å². The number of aryl methyl sites for hydroxylation is 1. The van der Waals surface area contributed by atoms with Gasteiger partial charge in [-0.1, -0.05) is 19.1 Å². The summed E-state index contributed by atoms with van der Waals surface area (Å²) in [6.07, 6.45) is 2.06. The molecule has 0 radical (unpaired) electrons. The molecule has 0 aliphatic carbocycles. The Morgan fingerprint density at radius 3 is 2.82 bits per heavy atom. The average molecular weight is 237 g/mol. The van der Waals surface area contributed by atoms with Crippen molar-refractivity contribution in [2.75, 3.05) is 19.8 Å². The second-order valence-electron chi connectivity index (χ2n) is 4.12. The highest BCUT2D eigenvalue weighted by Crippen LogP contribution is 2.13. The lowest BCUT2D eigenvalue weighted by Gasteiger charge is -2.11. The minimum atomic E-state index is 0.137. The van der Waals surface area contributed by atoms with Crippen LogP contribution in [0.3, 0.4) is 0 Å². The Kier molecular flexibility index (Phi) is 6.67. The molecular weight excluding hydrogens is 214 g/mol. The molecule has 0 aliphatic rings. The first-order chi connectivity index (χ1) is 8.26. The van der Waals surface area contributed by atoms with Crippen LogP contribution in [0.5, 0.6) is 5.75 Å². The summed E-state index contributed by atoms with van der Waals surface area (Å²) in [5.74, 6) is 0.941. The first-order valence-electron chi connectivity index (χ1n) is 6.29. The van der Waals surface area contributed by atoms with Crippen molar-refractivity contribution in [1.29, 1.82) is 0 Å². The molecule has 3 heteroatoms. The SMILES string of the molecule is CCc1cccc(OCCCOC(C)CN)c1. The van der Waals surface area contributed by atoms with Gasteiger partial charge in [0.2, 0.25) is 0 Å². The van der Waals surface area contributed by atoms with Gasteiger partial charge < -0.3 is 15.2 Å². The van der Waals surface area contributed by atoms with Crippen molar-refractivity contribution in [3.05, 3.63) is 29.8 Å². The molecule has 0 amide bonds. The maximum absolute atomic E-state index is 5.65. The minimum Gasteiger partial charge on any atom is -0.493 e. The molecule has 1 atom stereocenters. The fraction of sp³-hybridized carbons (Fsp3) is 0.571. The zero-order chi connectivity index (χ0) is 12.5. The standard InChI is InChI=1S/C14H23NO2/c1-3-13-6-4-7-14(10-13)17-9-5-8-16-12(2)11-15/h4,6-7,10,12H,3,5,8-9,11,15H2,1-2H3. The van der Waals surface area contributed by atoms with E-state index in [1.54, 1.807) is 0 Å². The molecule has 0 fully saturated rings. The van der Waals surface area contributed by atoms with Crippen LogP contribution < -0.4 is 10.5 Å². The number of nitrogens with two attached hydrogens (primary N) is 1. The summed E-state index contributed by atoms with van der Waals surface area (Å²) >= 11 is 0. The Morgan fingerprint density at radius 2 is 2.12 bits per heavy atom. The lowest BCUT2D eigenvalue weighted by Crippen LogP contribution is -2.21. The van der Waals surface area contributed by atoms with E-state index in [-0.39, 0.29) is 6.10 Å². The van der Waals surface area contributed by atoms with E-state index in [2.05, 4.69) is 19.1 Å². The quantitative estimate of drug-likeness (QED) is 0.706. The Bertz CT molecular complexity index is 315. The summed E-state index contributed by atoms with van der Waals surface area (Å²) in [7, 11) is 0. The molecule has 1 aromatic rings. The first-order valence-corrected chi connectivity index (χ1v) is 6.29. The van der Waals surface area contributed by atoms with Crippen LogP contribution in [-0.2, 0) is 11.2 Å². The summed E-state index contributed by atoms with van der Waals surface area (Å²) < 4.78 is 11.1. The molecule has 0 bridgehead atoms. The molecule has 0 aromatic heterocycles. The van der Waals surface area contributed by atoms with Gasteiger partial charge in [-0.05, 0) is 31.0 Å². The third kappa shape index (κ3) is 5.71. The van der Waals surface area contributed by atoms with Crippen LogP contribution in [0.2, 0.25) is 0 Å². The van der Waals surface area contributed by atoms with E-state index in [1.165, 1.54) is 5.56 Å². The molecule has 3 nitrogen and oxygen atoms in total. The van der Waals surface area contributed by atoms with Gasteiger partial charge in [0.15, 0.2) is 0 Å². The Hall–Kier alpha value is -1.06. The number of benzene rings is 1. The van der Waals surface area contributed by atoms with Gasteiger partial charge in [-0.25, -0.2) is 0 Å². The lowest BCUT2D eigenvalue weighted by molar-refractivity contribution is 0.0631. The van der Waals surface area contributed by atoms with Gasteiger partial charge in [-0.2, -0.15) is 0 Å². The van der Waals surface area contributed by atoms with E-state index in [9.17, 15) is 0 Å². The summed E-state index contributed by atoms with van der Waals surface area (Å²) in [5.41, 5.74) is 6.75. The topological polar surface area (TPSA) is 44.5 Å². The molecule has 0 spiro atoms. The van der Waals surface area contributed by atoms with Crippen molar-refractivity contribution in [1.82, 2.24) is 0 Å². The smallest absolute Gasteiger partial charge is 0.119 e. The Balaban J connectivity index is 2.17. The molecule has 17 heavy (non-hydrogen) atoms. The molecule has 2 N–H and O–H groups in total. The van der Waals surface area contributed by atoms with Crippen LogP contribution in [0.1, 0.15) is 25.8 Å². The summed E-state index contributed by atoms with van der Waals surface area (Å²) in [5, 5.41) is 0. The molecule has 0 saturated heterocycles. The minimum absolute atomic E-state index is 0.137. The first kappa shape index (κ1) is 14.0. The third-order valence-electron chi connectivity index (χ3n) is 2.60. The number of hydrogen-bond acceptors (Lipinski definition) is 3. The molecule has 1 unspecified atom stereocenters. The van der Waals surface area contributed by atoms with Crippen molar-refractivity contribution >= 4 is 0 Å². The zero-order valence-electron chi connectivity index (χ0n) is 10.8. The van der Waals surface area contributed by atoms with E-state index in [0.717, 1.165) is 18.6 Å². The largest absolute Gasteiger partial charge is 0.493 e. The summed E-state index contributed by atoms with van der Waals surface area (Å²) in [4.78, 5) is 0. The predicted octanol–water partition coefficient (Wildman–Crippen LogP) is 2.38.